The lowest BCUT2D eigenvalue weighted by Gasteiger charge is -2.15. The molecule has 3 rings (SSSR count). The maximum atomic E-state index is 12.6. The third-order valence-corrected chi connectivity index (χ3v) is 5.90. The number of sulfonamides is 1. The van der Waals surface area contributed by atoms with Crippen LogP contribution in [0.1, 0.15) is 31.4 Å². The summed E-state index contributed by atoms with van der Waals surface area (Å²) in [5.41, 5.74) is 0.835. The van der Waals surface area contributed by atoms with Crippen molar-refractivity contribution in [2.24, 2.45) is 5.92 Å². The number of nitrogens with one attached hydrogen (secondary N) is 2. The number of nitro benzene ring substituents is 1. The molecule has 1 aliphatic carbocycles. The minimum atomic E-state index is -4.08. The third kappa shape index (κ3) is 4.50. The number of benzene rings is 2. The molecule has 27 heavy (non-hydrogen) atoms. The Morgan fingerprint density at radius 2 is 1.78 bits per heavy atom. The zero-order valence-electron chi connectivity index (χ0n) is 14.6. The average molecular weight is 389 g/mol. The molecule has 0 radical (unpaired) electrons. The summed E-state index contributed by atoms with van der Waals surface area (Å²) in [4.78, 5) is 21.7. The first-order valence-electron chi connectivity index (χ1n) is 8.44. The van der Waals surface area contributed by atoms with Gasteiger partial charge in [-0.3, -0.25) is 14.9 Å². The molecule has 1 atom stereocenters. The Kier molecular flexibility index (Phi) is 5.24. The number of para-hydroxylation sites is 1. The lowest BCUT2D eigenvalue weighted by molar-refractivity contribution is -0.387. The van der Waals surface area contributed by atoms with Gasteiger partial charge in [0.15, 0.2) is 4.90 Å². The second-order valence-corrected chi connectivity index (χ2v) is 8.14. The average Bonchev–Trinajstić information content (AvgIpc) is 3.47. The van der Waals surface area contributed by atoms with Gasteiger partial charge in [-0.25, -0.2) is 13.1 Å². The molecule has 8 nitrogen and oxygen atoms in total. The minimum absolute atomic E-state index is 0.00658. The van der Waals surface area contributed by atoms with Crippen LogP contribution in [0.3, 0.4) is 0 Å². The molecule has 0 aliphatic heterocycles. The Bertz CT molecular complexity index is 969. The molecule has 1 fully saturated rings. The van der Waals surface area contributed by atoms with Crippen molar-refractivity contribution in [3.63, 3.8) is 0 Å². The maximum absolute atomic E-state index is 12.6. The molecule has 9 heteroatoms. The van der Waals surface area contributed by atoms with E-state index in [2.05, 4.69) is 10.0 Å². The summed E-state index contributed by atoms with van der Waals surface area (Å²) in [6, 6.07) is 11.4. The molecule has 142 valence electrons. The molecule has 1 saturated carbocycles. The quantitative estimate of drug-likeness (QED) is 0.557. The molecule has 0 saturated heterocycles. The number of nitrogens with zero attached hydrogens (tertiary/aromatic N) is 1. The van der Waals surface area contributed by atoms with Crippen LogP contribution in [0.25, 0.3) is 0 Å². The van der Waals surface area contributed by atoms with E-state index in [1.165, 1.54) is 18.2 Å². The van der Waals surface area contributed by atoms with Gasteiger partial charge in [-0.2, -0.15) is 0 Å². The topological polar surface area (TPSA) is 118 Å². The van der Waals surface area contributed by atoms with Gasteiger partial charge in [-0.1, -0.05) is 24.3 Å². The molecule has 1 amide bonds. The van der Waals surface area contributed by atoms with Gasteiger partial charge >= 0.3 is 0 Å². The number of carbonyl (C=O) groups excluding carboxylic acids is 1. The van der Waals surface area contributed by atoms with Crippen LogP contribution in [0.2, 0.25) is 0 Å². The second-order valence-electron chi connectivity index (χ2n) is 6.45. The molecular weight excluding hydrogens is 370 g/mol. The number of anilines is 1. The molecule has 0 spiro atoms. The zero-order valence-corrected chi connectivity index (χ0v) is 15.4. The molecule has 0 aromatic heterocycles. The van der Waals surface area contributed by atoms with Gasteiger partial charge in [0, 0.05) is 23.7 Å². The minimum Gasteiger partial charge on any atom is -0.326 e. The first kappa shape index (κ1) is 19.0. The summed E-state index contributed by atoms with van der Waals surface area (Å²) in [5.74, 6) is 0.0879. The van der Waals surface area contributed by atoms with E-state index in [4.69, 9.17) is 0 Å². The highest BCUT2D eigenvalue weighted by atomic mass is 32.2. The summed E-state index contributed by atoms with van der Waals surface area (Å²) in [7, 11) is -4.08. The van der Waals surface area contributed by atoms with Gasteiger partial charge in [0.2, 0.25) is 15.9 Å². The van der Waals surface area contributed by atoms with Crippen molar-refractivity contribution in [2.45, 2.75) is 30.7 Å². The van der Waals surface area contributed by atoms with Gasteiger partial charge in [0.05, 0.1) is 4.92 Å². The highest BCUT2D eigenvalue weighted by Gasteiger charge is 2.30. The second kappa shape index (κ2) is 7.45. The Balaban J connectivity index is 1.73. The maximum Gasteiger partial charge on any atom is 0.289 e. The van der Waals surface area contributed by atoms with Crippen molar-refractivity contribution in [3.8, 4) is 0 Å². The fraction of sp³-hybridized carbons (Fsp3) is 0.278. The van der Waals surface area contributed by atoms with Crippen molar-refractivity contribution >= 4 is 27.3 Å². The van der Waals surface area contributed by atoms with Crippen LogP contribution in [0.5, 0.6) is 0 Å². The molecule has 2 aromatic rings. The van der Waals surface area contributed by atoms with Gasteiger partial charge in [-0.15, -0.1) is 0 Å². The van der Waals surface area contributed by atoms with E-state index in [-0.39, 0.29) is 16.7 Å². The van der Waals surface area contributed by atoms with Crippen molar-refractivity contribution in [2.75, 3.05) is 5.32 Å². The van der Waals surface area contributed by atoms with Gasteiger partial charge in [-0.05, 0) is 43.5 Å². The first-order chi connectivity index (χ1) is 12.8. The summed E-state index contributed by atoms with van der Waals surface area (Å²) >= 11 is 0. The Morgan fingerprint density at radius 3 is 2.37 bits per heavy atom. The van der Waals surface area contributed by atoms with E-state index < -0.39 is 26.7 Å². The van der Waals surface area contributed by atoms with E-state index in [1.54, 1.807) is 31.2 Å². The first-order valence-corrected chi connectivity index (χ1v) is 9.93. The standard InChI is InChI=1S/C18H19N3O5S/c1-12(13-8-10-15(11-9-13)19-18(22)14-6-7-14)20-27(25,26)17-5-3-2-4-16(17)21(23)24/h2-5,8-12,14,20H,6-7H2,1H3,(H,19,22). The Hall–Kier alpha value is -2.78. The van der Waals surface area contributed by atoms with Gasteiger partial charge in [0.1, 0.15) is 0 Å². The molecule has 1 aliphatic rings. The lowest BCUT2D eigenvalue weighted by atomic mass is 10.1. The fourth-order valence-corrected chi connectivity index (χ4v) is 4.05. The molecular formula is C18H19N3O5S. The van der Waals surface area contributed by atoms with Crippen LogP contribution in [0.15, 0.2) is 53.4 Å². The zero-order chi connectivity index (χ0) is 19.6. The van der Waals surface area contributed by atoms with Gasteiger partial charge in [0.25, 0.3) is 5.69 Å². The number of hydrogen-bond acceptors (Lipinski definition) is 5. The Labute approximate surface area is 156 Å². The molecule has 2 N–H and O–H groups in total. The summed E-state index contributed by atoms with van der Waals surface area (Å²) < 4.78 is 27.6. The number of nitro groups is 1. The van der Waals surface area contributed by atoms with E-state index in [0.29, 0.717) is 11.3 Å². The number of hydrogen-bond donors (Lipinski definition) is 2. The lowest BCUT2D eigenvalue weighted by Crippen LogP contribution is -2.27. The normalized spacial score (nSPS) is 15.1. The molecule has 2 aromatic carbocycles. The third-order valence-electron chi connectivity index (χ3n) is 4.31. The monoisotopic (exact) mass is 389 g/mol. The summed E-state index contributed by atoms with van der Waals surface area (Å²) in [6.07, 6.45) is 1.82. The van der Waals surface area contributed by atoms with E-state index in [1.807, 2.05) is 0 Å². The summed E-state index contributed by atoms with van der Waals surface area (Å²) in [6.45, 7) is 1.64. The largest absolute Gasteiger partial charge is 0.326 e. The van der Waals surface area contributed by atoms with Crippen molar-refractivity contribution in [1.29, 1.82) is 0 Å². The number of carbonyl (C=O) groups is 1. The van der Waals surface area contributed by atoms with E-state index in [0.717, 1.165) is 18.9 Å². The van der Waals surface area contributed by atoms with Crippen molar-refractivity contribution < 1.29 is 18.1 Å². The van der Waals surface area contributed by atoms with Crippen molar-refractivity contribution in [3.05, 3.63) is 64.2 Å². The van der Waals surface area contributed by atoms with Crippen LogP contribution in [-0.4, -0.2) is 19.2 Å². The Morgan fingerprint density at radius 1 is 1.15 bits per heavy atom. The van der Waals surface area contributed by atoms with Crippen LogP contribution in [-0.2, 0) is 14.8 Å². The van der Waals surface area contributed by atoms with Crippen LogP contribution >= 0.6 is 0 Å². The van der Waals surface area contributed by atoms with Crippen LogP contribution < -0.4 is 10.0 Å². The van der Waals surface area contributed by atoms with Crippen LogP contribution in [0, 0.1) is 16.0 Å². The molecule has 0 bridgehead atoms. The molecule has 1 unspecified atom stereocenters. The SMILES string of the molecule is CC(NS(=O)(=O)c1ccccc1[N+](=O)[O-])c1ccc(NC(=O)C2CC2)cc1. The highest BCUT2D eigenvalue weighted by Crippen LogP contribution is 2.30. The number of rotatable bonds is 7. The fourth-order valence-electron chi connectivity index (χ4n) is 2.64. The van der Waals surface area contributed by atoms with E-state index >= 15 is 0 Å². The van der Waals surface area contributed by atoms with Crippen molar-refractivity contribution in [1.82, 2.24) is 4.72 Å². The van der Waals surface area contributed by atoms with E-state index in [9.17, 15) is 23.3 Å². The smallest absolute Gasteiger partial charge is 0.289 e. The highest BCUT2D eigenvalue weighted by molar-refractivity contribution is 7.89. The number of amides is 1. The van der Waals surface area contributed by atoms with Gasteiger partial charge < -0.3 is 5.32 Å². The summed E-state index contributed by atoms with van der Waals surface area (Å²) in [5, 5.41) is 13.9. The predicted molar refractivity (Wildman–Crippen MR) is 99.6 cm³/mol. The predicted octanol–water partition coefficient (Wildman–Crippen LogP) is 2.98. The molecule has 0 heterocycles. The van der Waals surface area contributed by atoms with Crippen LogP contribution in [0.4, 0.5) is 11.4 Å².